The molecule has 1 aliphatic heterocycles. The van der Waals surface area contributed by atoms with Crippen LogP contribution in [0.25, 0.3) is 0 Å². The Kier molecular flexibility index (Phi) is 3.33. The van der Waals surface area contributed by atoms with Crippen molar-refractivity contribution >= 4 is 11.6 Å². The zero-order valence-corrected chi connectivity index (χ0v) is 10.00. The van der Waals surface area contributed by atoms with Gasteiger partial charge in [-0.25, -0.2) is 0 Å². The molecular weight excluding hydrogens is 238 g/mol. The van der Waals surface area contributed by atoms with Gasteiger partial charge in [-0.15, -0.1) is 0 Å². The maximum Gasteiger partial charge on any atom is 0.287 e. The van der Waals surface area contributed by atoms with Crippen molar-refractivity contribution in [1.82, 2.24) is 9.88 Å². The number of aliphatic hydroxyl groups is 1. The number of amides is 1. The molecule has 2 N–H and O–H groups in total. The Morgan fingerprint density at radius 1 is 1.72 bits per heavy atom. The summed E-state index contributed by atoms with van der Waals surface area (Å²) in [6.45, 7) is 2.77. The van der Waals surface area contributed by atoms with Crippen LogP contribution >= 0.6 is 0 Å². The fourth-order valence-electron chi connectivity index (χ4n) is 2.15. The van der Waals surface area contributed by atoms with Crippen LogP contribution in [0.15, 0.2) is 12.3 Å². The van der Waals surface area contributed by atoms with Crippen molar-refractivity contribution in [2.75, 3.05) is 13.1 Å². The molecule has 2 atom stereocenters. The highest BCUT2D eigenvalue weighted by atomic mass is 16.6. The van der Waals surface area contributed by atoms with Gasteiger partial charge in [-0.3, -0.25) is 14.9 Å². The molecule has 1 aliphatic rings. The van der Waals surface area contributed by atoms with Crippen LogP contribution in [0.1, 0.15) is 23.8 Å². The molecule has 2 unspecified atom stereocenters. The second-order valence-electron chi connectivity index (χ2n) is 4.57. The number of H-pyrrole nitrogens is 1. The smallest absolute Gasteiger partial charge is 0.287 e. The van der Waals surface area contributed by atoms with Crippen molar-refractivity contribution in [2.24, 2.45) is 5.92 Å². The van der Waals surface area contributed by atoms with E-state index in [1.165, 1.54) is 12.3 Å². The molecule has 0 spiro atoms. The number of nitro groups is 1. The van der Waals surface area contributed by atoms with Gasteiger partial charge in [-0.05, 0) is 13.3 Å². The summed E-state index contributed by atoms with van der Waals surface area (Å²) in [5, 5.41) is 20.0. The van der Waals surface area contributed by atoms with Crippen molar-refractivity contribution in [3.8, 4) is 0 Å². The summed E-state index contributed by atoms with van der Waals surface area (Å²) in [5.41, 5.74) is 0.0950. The standard InChI is InChI=1S/C11H15N3O4/c1-7(15)8-2-3-13(6-8)11(16)10-4-9(5-12-10)14(17)18/h4-5,7-8,12,15H,2-3,6H2,1H3. The third kappa shape index (κ3) is 2.35. The van der Waals surface area contributed by atoms with Gasteiger partial charge in [0.25, 0.3) is 11.6 Å². The Morgan fingerprint density at radius 2 is 2.44 bits per heavy atom. The second kappa shape index (κ2) is 4.77. The van der Waals surface area contributed by atoms with Crippen molar-refractivity contribution in [3.05, 3.63) is 28.1 Å². The van der Waals surface area contributed by atoms with E-state index in [0.717, 1.165) is 6.42 Å². The average molecular weight is 253 g/mol. The third-order valence-corrected chi connectivity index (χ3v) is 3.30. The lowest BCUT2D eigenvalue weighted by molar-refractivity contribution is -0.384. The van der Waals surface area contributed by atoms with Crippen molar-refractivity contribution in [1.29, 1.82) is 0 Å². The number of hydrogen-bond donors (Lipinski definition) is 2. The van der Waals surface area contributed by atoms with Gasteiger partial charge >= 0.3 is 0 Å². The minimum atomic E-state index is -0.546. The molecule has 0 aliphatic carbocycles. The van der Waals surface area contributed by atoms with Crippen molar-refractivity contribution < 1.29 is 14.8 Å². The molecule has 0 bridgehead atoms. The summed E-state index contributed by atoms with van der Waals surface area (Å²) < 4.78 is 0. The third-order valence-electron chi connectivity index (χ3n) is 3.30. The zero-order valence-electron chi connectivity index (χ0n) is 10.00. The van der Waals surface area contributed by atoms with Crippen LogP contribution in [0.2, 0.25) is 0 Å². The van der Waals surface area contributed by atoms with Gasteiger partial charge in [-0.2, -0.15) is 0 Å². The first kappa shape index (κ1) is 12.6. The lowest BCUT2D eigenvalue weighted by Gasteiger charge is -2.16. The number of carbonyl (C=O) groups is 1. The van der Waals surface area contributed by atoms with Gasteiger partial charge in [0, 0.05) is 25.1 Å². The molecule has 1 saturated heterocycles. The number of carbonyl (C=O) groups excluding carboxylic acids is 1. The Bertz CT molecular complexity index is 469. The monoisotopic (exact) mass is 253 g/mol. The highest BCUT2D eigenvalue weighted by Crippen LogP contribution is 2.22. The first-order valence-corrected chi connectivity index (χ1v) is 5.79. The molecule has 1 aromatic rings. The Labute approximate surface area is 104 Å². The van der Waals surface area contributed by atoms with E-state index in [-0.39, 0.29) is 23.2 Å². The van der Waals surface area contributed by atoms with Crippen LogP contribution in [-0.4, -0.2) is 45.0 Å². The van der Waals surface area contributed by atoms with E-state index >= 15 is 0 Å². The Morgan fingerprint density at radius 3 is 2.94 bits per heavy atom. The summed E-state index contributed by atoms with van der Waals surface area (Å²) >= 11 is 0. The van der Waals surface area contributed by atoms with E-state index in [0.29, 0.717) is 13.1 Å². The fourth-order valence-corrected chi connectivity index (χ4v) is 2.15. The fraction of sp³-hybridized carbons (Fsp3) is 0.545. The summed E-state index contributed by atoms with van der Waals surface area (Å²) in [6.07, 6.45) is 1.52. The quantitative estimate of drug-likeness (QED) is 0.613. The van der Waals surface area contributed by atoms with Gasteiger partial charge in [-0.1, -0.05) is 0 Å². The molecular formula is C11H15N3O4. The maximum absolute atomic E-state index is 12.0. The molecule has 1 amide bonds. The molecule has 18 heavy (non-hydrogen) atoms. The highest BCUT2D eigenvalue weighted by Gasteiger charge is 2.30. The molecule has 98 valence electrons. The maximum atomic E-state index is 12.0. The molecule has 2 heterocycles. The summed E-state index contributed by atoms with van der Waals surface area (Å²) in [6, 6.07) is 1.23. The van der Waals surface area contributed by atoms with Gasteiger partial charge in [0.05, 0.1) is 17.2 Å². The first-order chi connectivity index (χ1) is 8.49. The van der Waals surface area contributed by atoms with E-state index in [2.05, 4.69) is 4.98 Å². The minimum absolute atomic E-state index is 0.0823. The van der Waals surface area contributed by atoms with Crippen molar-refractivity contribution in [2.45, 2.75) is 19.4 Å². The lowest BCUT2D eigenvalue weighted by Crippen LogP contribution is -2.30. The van der Waals surface area contributed by atoms with E-state index in [4.69, 9.17) is 0 Å². The Hall–Kier alpha value is -1.89. The lowest BCUT2D eigenvalue weighted by atomic mass is 10.0. The molecule has 7 nitrogen and oxygen atoms in total. The number of nitrogens with zero attached hydrogens (tertiary/aromatic N) is 2. The van der Waals surface area contributed by atoms with Gasteiger partial charge in [0.2, 0.25) is 0 Å². The zero-order chi connectivity index (χ0) is 13.3. The summed E-state index contributed by atoms with van der Waals surface area (Å²) in [4.78, 5) is 26.2. The molecule has 1 aromatic heterocycles. The van der Waals surface area contributed by atoms with Crippen LogP contribution in [-0.2, 0) is 0 Å². The number of aromatic nitrogens is 1. The topological polar surface area (TPSA) is 99.5 Å². The number of aliphatic hydroxyl groups excluding tert-OH is 1. The van der Waals surface area contributed by atoms with Crippen LogP contribution in [0.4, 0.5) is 5.69 Å². The number of hydrogen-bond acceptors (Lipinski definition) is 4. The molecule has 0 aromatic carbocycles. The molecule has 2 rings (SSSR count). The van der Waals surface area contributed by atoms with E-state index in [9.17, 15) is 20.0 Å². The average Bonchev–Trinajstić information content (AvgIpc) is 2.97. The molecule has 0 radical (unpaired) electrons. The van der Waals surface area contributed by atoms with Crippen LogP contribution in [0.5, 0.6) is 0 Å². The van der Waals surface area contributed by atoms with E-state index < -0.39 is 11.0 Å². The van der Waals surface area contributed by atoms with Gasteiger partial charge in [0.15, 0.2) is 0 Å². The number of rotatable bonds is 3. The van der Waals surface area contributed by atoms with Crippen LogP contribution in [0, 0.1) is 16.0 Å². The van der Waals surface area contributed by atoms with E-state index in [1.54, 1.807) is 11.8 Å². The predicted molar refractivity (Wildman–Crippen MR) is 63.1 cm³/mol. The number of aromatic amines is 1. The molecule has 7 heteroatoms. The minimum Gasteiger partial charge on any atom is -0.393 e. The molecule has 1 fully saturated rings. The Balaban J connectivity index is 2.05. The highest BCUT2D eigenvalue weighted by molar-refractivity contribution is 5.93. The first-order valence-electron chi connectivity index (χ1n) is 5.79. The van der Waals surface area contributed by atoms with E-state index in [1.807, 2.05) is 0 Å². The predicted octanol–water partition coefficient (Wildman–Crippen LogP) is 0.766. The SMILES string of the molecule is CC(O)C1CCN(C(=O)c2cc([N+](=O)[O-])c[nH]2)C1. The van der Waals surface area contributed by atoms with Gasteiger partial charge < -0.3 is 15.0 Å². The normalized spacial score (nSPS) is 21.0. The summed E-state index contributed by atoms with van der Waals surface area (Å²) in [7, 11) is 0. The largest absolute Gasteiger partial charge is 0.393 e. The second-order valence-corrected chi connectivity index (χ2v) is 4.57. The van der Waals surface area contributed by atoms with Gasteiger partial charge in [0.1, 0.15) is 5.69 Å². The van der Waals surface area contributed by atoms with Crippen LogP contribution < -0.4 is 0 Å². The number of nitrogens with one attached hydrogen (secondary N) is 1. The molecule has 0 saturated carbocycles. The van der Waals surface area contributed by atoms with Crippen LogP contribution in [0.3, 0.4) is 0 Å². The number of likely N-dealkylation sites (tertiary alicyclic amines) is 1. The van der Waals surface area contributed by atoms with Crippen molar-refractivity contribution in [3.63, 3.8) is 0 Å². The summed E-state index contributed by atoms with van der Waals surface area (Å²) in [5.74, 6) is -0.176.